The second kappa shape index (κ2) is 5.90. The van der Waals surface area contributed by atoms with Gasteiger partial charge in [-0.05, 0) is 11.5 Å². The Labute approximate surface area is 148 Å². The third-order valence-corrected chi connectivity index (χ3v) is 4.00. The first-order chi connectivity index (χ1) is 12.4. The van der Waals surface area contributed by atoms with Crippen molar-refractivity contribution in [2.75, 3.05) is 0 Å². The summed E-state index contributed by atoms with van der Waals surface area (Å²) in [6.45, 7) is 6.57. The zero-order valence-corrected chi connectivity index (χ0v) is 14.9. The Morgan fingerprint density at radius 3 is 2.73 bits per heavy atom. The molecule has 0 aromatic carbocycles. The van der Waals surface area contributed by atoms with Gasteiger partial charge in [-0.2, -0.15) is 4.52 Å². The Balaban J connectivity index is 1.79. The van der Waals surface area contributed by atoms with Crippen LogP contribution in [0.15, 0.2) is 29.1 Å². The van der Waals surface area contributed by atoms with Gasteiger partial charge in [0.15, 0.2) is 11.3 Å². The largest absolute Gasteiger partial charge is 0.470 e. The highest BCUT2D eigenvalue weighted by Gasteiger charge is 2.24. The van der Waals surface area contributed by atoms with E-state index in [1.54, 1.807) is 21.5 Å². The summed E-state index contributed by atoms with van der Waals surface area (Å²) in [6, 6.07) is 3.64. The second-order valence-corrected chi connectivity index (χ2v) is 6.93. The zero-order chi connectivity index (χ0) is 18.3. The first-order valence-corrected chi connectivity index (χ1v) is 8.07. The summed E-state index contributed by atoms with van der Waals surface area (Å²) in [5.74, 6) is 0.983. The Morgan fingerprint density at radius 1 is 1.23 bits per heavy atom. The fourth-order valence-electron chi connectivity index (χ4n) is 2.53. The topological polar surface area (TPSA) is 109 Å². The van der Waals surface area contributed by atoms with E-state index in [0.717, 1.165) is 11.3 Å². The molecule has 0 unspecified atom stereocenters. The SMILES string of the molecule is Cn1nncc1COc1nn2c(-c3ccon3)nnc2cc1C(C)(C)C. The molecule has 10 nitrogen and oxygen atoms in total. The lowest BCUT2D eigenvalue weighted by Crippen LogP contribution is -2.16. The van der Waals surface area contributed by atoms with E-state index in [2.05, 4.69) is 51.5 Å². The molecule has 0 aliphatic carbocycles. The number of hydrogen-bond donors (Lipinski definition) is 0. The molecule has 0 aliphatic heterocycles. The third-order valence-electron chi connectivity index (χ3n) is 4.00. The zero-order valence-electron chi connectivity index (χ0n) is 14.9. The summed E-state index contributed by atoms with van der Waals surface area (Å²) in [4.78, 5) is 0. The van der Waals surface area contributed by atoms with Gasteiger partial charge in [0.25, 0.3) is 0 Å². The van der Waals surface area contributed by atoms with E-state index >= 15 is 0 Å². The average molecular weight is 354 g/mol. The van der Waals surface area contributed by atoms with E-state index < -0.39 is 0 Å². The van der Waals surface area contributed by atoms with E-state index in [1.165, 1.54) is 6.26 Å². The van der Waals surface area contributed by atoms with Gasteiger partial charge in [-0.3, -0.25) is 0 Å². The van der Waals surface area contributed by atoms with Crippen molar-refractivity contribution in [1.82, 2.24) is 40.0 Å². The molecule has 0 aliphatic rings. The summed E-state index contributed by atoms with van der Waals surface area (Å²) in [6.07, 6.45) is 3.14. The molecule has 4 aromatic rings. The summed E-state index contributed by atoms with van der Waals surface area (Å²) in [5.41, 5.74) is 2.75. The van der Waals surface area contributed by atoms with Crippen molar-refractivity contribution in [1.29, 1.82) is 0 Å². The van der Waals surface area contributed by atoms with Gasteiger partial charge < -0.3 is 9.26 Å². The molecule has 4 rings (SSSR count). The van der Waals surface area contributed by atoms with Crippen molar-refractivity contribution in [3.05, 3.63) is 35.9 Å². The van der Waals surface area contributed by atoms with E-state index in [0.29, 0.717) is 29.7 Å². The van der Waals surface area contributed by atoms with Crippen LogP contribution >= 0.6 is 0 Å². The van der Waals surface area contributed by atoms with Crippen LogP contribution in [-0.4, -0.2) is 40.0 Å². The maximum atomic E-state index is 6.01. The van der Waals surface area contributed by atoms with E-state index in [-0.39, 0.29) is 5.41 Å². The summed E-state index contributed by atoms with van der Waals surface area (Å²) in [7, 11) is 1.81. The van der Waals surface area contributed by atoms with Crippen LogP contribution in [0.4, 0.5) is 0 Å². The van der Waals surface area contributed by atoms with Crippen LogP contribution in [0.2, 0.25) is 0 Å². The minimum Gasteiger partial charge on any atom is -0.470 e. The first-order valence-electron chi connectivity index (χ1n) is 8.07. The molecule has 0 fully saturated rings. The van der Waals surface area contributed by atoms with Crippen molar-refractivity contribution < 1.29 is 9.26 Å². The highest BCUT2D eigenvalue weighted by atomic mass is 16.5. The van der Waals surface area contributed by atoms with Gasteiger partial charge in [0.1, 0.15) is 12.9 Å². The van der Waals surface area contributed by atoms with Gasteiger partial charge in [-0.25, -0.2) is 4.68 Å². The lowest BCUT2D eigenvalue weighted by molar-refractivity contribution is 0.270. The number of aryl methyl sites for hydroxylation is 1. The summed E-state index contributed by atoms with van der Waals surface area (Å²) < 4.78 is 14.2. The van der Waals surface area contributed by atoms with Crippen LogP contribution in [-0.2, 0) is 19.1 Å². The van der Waals surface area contributed by atoms with Crippen LogP contribution < -0.4 is 4.74 Å². The smallest absolute Gasteiger partial charge is 0.236 e. The van der Waals surface area contributed by atoms with Crippen molar-refractivity contribution in [2.24, 2.45) is 7.05 Å². The Morgan fingerprint density at radius 2 is 2.08 bits per heavy atom. The van der Waals surface area contributed by atoms with Gasteiger partial charge >= 0.3 is 0 Å². The number of aromatic nitrogens is 8. The molecule has 0 amide bonds. The monoisotopic (exact) mass is 354 g/mol. The third kappa shape index (κ3) is 2.79. The second-order valence-electron chi connectivity index (χ2n) is 6.93. The Kier molecular flexibility index (Phi) is 3.67. The van der Waals surface area contributed by atoms with Crippen LogP contribution in [0.1, 0.15) is 32.0 Å². The molecule has 4 aromatic heterocycles. The fraction of sp³-hybridized carbons (Fsp3) is 0.375. The number of rotatable bonds is 4. The average Bonchev–Trinajstić information content (AvgIpc) is 3.31. The van der Waals surface area contributed by atoms with Crippen LogP contribution in [0.25, 0.3) is 17.2 Å². The van der Waals surface area contributed by atoms with Crippen LogP contribution in [0.5, 0.6) is 5.88 Å². The van der Waals surface area contributed by atoms with Crippen LogP contribution in [0, 0.1) is 0 Å². The van der Waals surface area contributed by atoms with Gasteiger partial charge in [0.05, 0.1) is 11.9 Å². The summed E-state index contributed by atoms with van der Waals surface area (Å²) in [5, 5.41) is 24.7. The maximum absolute atomic E-state index is 6.01. The van der Waals surface area contributed by atoms with E-state index in [1.807, 2.05) is 13.1 Å². The normalized spacial score (nSPS) is 12.0. The molecule has 0 bridgehead atoms. The molecule has 134 valence electrons. The number of ether oxygens (including phenoxy) is 1. The standard InChI is InChI=1S/C16H18N8O2/c1-16(2,3)11-7-13-18-19-14(12-5-6-26-21-12)24(13)20-15(11)25-9-10-8-17-22-23(10)4/h5-8H,9H2,1-4H3. The lowest BCUT2D eigenvalue weighted by Gasteiger charge is -2.21. The van der Waals surface area contributed by atoms with E-state index in [9.17, 15) is 0 Å². The maximum Gasteiger partial charge on any atom is 0.236 e. The van der Waals surface area contributed by atoms with Crippen LogP contribution in [0.3, 0.4) is 0 Å². The Hall–Kier alpha value is -3.30. The molecule has 0 radical (unpaired) electrons. The minimum absolute atomic E-state index is 0.186. The van der Waals surface area contributed by atoms with Gasteiger partial charge in [0, 0.05) is 18.7 Å². The highest BCUT2D eigenvalue weighted by Crippen LogP contribution is 2.31. The highest BCUT2D eigenvalue weighted by molar-refractivity contribution is 5.55. The van der Waals surface area contributed by atoms with E-state index in [4.69, 9.17) is 9.26 Å². The molecule has 10 heteroatoms. The van der Waals surface area contributed by atoms with Crippen molar-refractivity contribution in [3.8, 4) is 17.4 Å². The fourth-order valence-corrected chi connectivity index (χ4v) is 2.53. The molecule has 26 heavy (non-hydrogen) atoms. The number of nitrogens with zero attached hydrogens (tertiary/aromatic N) is 8. The molecule has 0 N–H and O–H groups in total. The lowest BCUT2D eigenvalue weighted by atomic mass is 9.88. The number of fused-ring (bicyclic) bond motifs is 1. The number of hydrogen-bond acceptors (Lipinski definition) is 8. The quantitative estimate of drug-likeness (QED) is 0.545. The molecule has 0 saturated carbocycles. The summed E-state index contributed by atoms with van der Waals surface area (Å²) >= 11 is 0. The predicted octanol–water partition coefficient (Wildman–Crippen LogP) is 1.78. The molecule has 4 heterocycles. The minimum atomic E-state index is -0.186. The van der Waals surface area contributed by atoms with Gasteiger partial charge in [-0.1, -0.05) is 31.1 Å². The van der Waals surface area contributed by atoms with Crippen molar-refractivity contribution >= 4 is 5.65 Å². The Bertz CT molecular complexity index is 1040. The first kappa shape index (κ1) is 16.2. The molecular formula is C16H18N8O2. The molecule has 0 spiro atoms. The molecular weight excluding hydrogens is 336 g/mol. The molecule has 0 saturated heterocycles. The van der Waals surface area contributed by atoms with Gasteiger partial charge in [0.2, 0.25) is 11.7 Å². The van der Waals surface area contributed by atoms with Crippen molar-refractivity contribution in [3.63, 3.8) is 0 Å². The predicted molar refractivity (Wildman–Crippen MR) is 90.3 cm³/mol. The van der Waals surface area contributed by atoms with Gasteiger partial charge in [-0.15, -0.1) is 20.4 Å². The van der Waals surface area contributed by atoms with Crippen molar-refractivity contribution in [2.45, 2.75) is 32.8 Å². The molecule has 0 atom stereocenters.